The highest BCUT2D eigenvalue weighted by Gasteiger charge is 2.25. The van der Waals surface area contributed by atoms with Crippen molar-refractivity contribution in [2.24, 2.45) is 0 Å². The first-order chi connectivity index (χ1) is 9.98. The molecule has 0 radical (unpaired) electrons. The summed E-state index contributed by atoms with van der Waals surface area (Å²) in [6.07, 6.45) is 0. The Labute approximate surface area is 125 Å². The molecule has 1 aromatic heterocycles. The zero-order chi connectivity index (χ0) is 15.0. The summed E-state index contributed by atoms with van der Waals surface area (Å²) in [5.74, 6) is 0. The second-order valence-corrected chi connectivity index (χ2v) is 6.50. The van der Waals surface area contributed by atoms with E-state index in [0.29, 0.717) is 5.02 Å². The van der Waals surface area contributed by atoms with Gasteiger partial charge in [-0.25, -0.2) is 13.4 Å². The van der Waals surface area contributed by atoms with Crippen molar-refractivity contribution in [1.82, 2.24) is 10.1 Å². The molecule has 0 aliphatic carbocycles. The van der Waals surface area contributed by atoms with E-state index in [1.165, 1.54) is 30.3 Å². The van der Waals surface area contributed by atoms with Crippen LogP contribution in [0.15, 0.2) is 58.6 Å². The first kappa shape index (κ1) is 13.7. The molecule has 0 aliphatic heterocycles. The molecule has 0 fully saturated rings. The number of sulfone groups is 1. The van der Waals surface area contributed by atoms with E-state index in [-0.39, 0.29) is 20.8 Å². The first-order valence-corrected chi connectivity index (χ1v) is 7.72. The van der Waals surface area contributed by atoms with Crippen LogP contribution in [-0.2, 0) is 9.84 Å². The fourth-order valence-electron chi connectivity index (χ4n) is 1.82. The van der Waals surface area contributed by atoms with Gasteiger partial charge < -0.3 is 5.21 Å². The molecule has 6 nitrogen and oxygen atoms in total. The van der Waals surface area contributed by atoms with E-state index in [0.717, 1.165) is 0 Å². The first-order valence-electron chi connectivity index (χ1n) is 5.86. The lowest BCUT2D eigenvalue weighted by Gasteiger charge is -2.04. The van der Waals surface area contributed by atoms with Crippen LogP contribution in [-0.4, -0.2) is 18.5 Å². The lowest BCUT2D eigenvalue weighted by Crippen LogP contribution is -2.34. The van der Waals surface area contributed by atoms with Crippen LogP contribution < -0.4 is 4.85 Å². The van der Waals surface area contributed by atoms with Gasteiger partial charge in [0.2, 0.25) is 9.84 Å². The molecule has 0 saturated carbocycles. The zero-order valence-electron chi connectivity index (χ0n) is 10.5. The van der Waals surface area contributed by atoms with Gasteiger partial charge in [0.15, 0.2) is 0 Å². The largest absolute Gasteiger partial charge is 0.594 e. The monoisotopic (exact) mass is 321 g/mol. The summed E-state index contributed by atoms with van der Waals surface area (Å²) in [5.41, 5.74) is 0.313. The zero-order valence-corrected chi connectivity index (χ0v) is 12.0. The number of hydrogen-bond donors (Lipinski definition) is 0. The van der Waals surface area contributed by atoms with Gasteiger partial charge in [-0.1, -0.05) is 29.8 Å². The van der Waals surface area contributed by atoms with E-state index < -0.39 is 15.0 Å². The topological polar surface area (TPSA) is 86.9 Å². The molecule has 0 atom stereocenters. The van der Waals surface area contributed by atoms with E-state index >= 15 is 0 Å². The maximum Gasteiger partial charge on any atom is 0.319 e. The summed E-state index contributed by atoms with van der Waals surface area (Å²) < 4.78 is 24.8. The lowest BCUT2D eigenvalue weighted by molar-refractivity contribution is -0.647. The molecule has 8 heteroatoms. The van der Waals surface area contributed by atoms with E-state index in [4.69, 9.17) is 11.6 Å². The predicted octanol–water partition coefficient (Wildman–Crippen LogP) is 1.75. The summed E-state index contributed by atoms with van der Waals surface area (Å²) in [7, 11) is -3.94. The van der Waals surface area contributed by atoms with Crippen molar-refractivity contribution in [3.8, 4) is 0 Å². The Morgan fingerprint density at radius 1 is 1.10 bits per heavy atom. The summed E-state index contributed by atoms with van der Waals surface area (Å²) in [5, 5.41) is 15.2. The highest BCUT2D eigenvalue weighted by atomic mass is 35.5. The van der Waals surface area contributed by atoms with Gasteiger partial charge in [-0.2, -0.15) is 0 Å². The molecule has 0 amide bonds. The number of aromatic nitrogens is 3. The average Bonchev–Trinajstić information content (AvgIpc) is 2.48. The summed E-state index contributed by atoms with van der Waals surface area (Å²) in [6.45, 7) is 0. The van der Waals surface area contributed by atoms with Crippen LogP contribution in [0.25, 0.3) is 11.0 Å². The van der Waals surface area contributed by atoms with Crippen LogP contribution in [0.4, 0.5) is 0 Å². The lowest BCUT2D eigenvalue weighted by atomic mass is 10.3. The summed E-state index contributed by atoms with van der Waals surface area (Å²) in [4.78, 5) is 4.19. The average molecular weight is 322 g/mol. The highest BCUT2D eigenvalue weighted by molar-refractivity contribution is 7.91. The molecular weight excluding hydrogens is 314 g/mol. The number of nitrogens with zero attached hydrogens (tertiary/aromatic N) is 3. The Morgan fingerprint density at radius 3 is 2.52 bits per heavy atom. The van der Waals surface area contributed by atoms with Crippen LogP contribution in [0.3, 0.4) is 0 Å². The third kappa shape index (κ3) is 2.41. The third-order valence-corrected chi connectivity index (χ3v) is 4.61. The van der Waals surface area contributed by atoms with Gasteiger partial charge in [0.1, 0.15) is 5.52 Å². The van der Waals surface area contributed by atoms with Crippen molar-refractivity contribution in [3.05, 3.63) is 58.8 Å². The molecule has 3 aromatic rings. The number of halogens is 1. The summed E-state index contributed by atoms with van der Waals surface area (Å²) >= 11 is 5.79. The van der Waals surface area contributed by atoms with E-state index in [2.05, 4.69) is 10.1 Å². The molecule has 106 valence electrons. The van der Waals surface area contributed by atoms with Gasteiger partial charge in [0.25, 0.3) is 5.52 Å². The molecule has 3 rings (SSSR count). The van der Waals surface area contributed by atoms with Gasteiger partial charge >= 0.3 is 5.16 Å². The van der Waals surface area contributed by atoms with Crippen LogP contribution in [0.5, 0.6) is 0 Å². The molecule has 0 spiro atoms. The molecule has 21 heavy (non-hydrogen) atoms. The number of benzene rings is 2. The quantitative estimate of drug-likeness (QED) is 0.530. The molecule has 0 aliphatic rings. The van der Waals surface area contributed by atoms with Crippen molar-refractivity contribution in [2.75, 3.05) is 0 Å². The molecule has 0 N–H and O–H groups in total. The maximum absolute atomic E-state index is 12.4. The fourth-order valence-corrected chi connectivity index (χ4v) is 3.11. The van der Waals surface area contributed by atoms with E-state index in [9.17, 15) is 13.6 Å². The molecule has 2 aromatic carbocycles. The fraction of sp³-hybridized carbons (Fsp3) is 0. The third-order valence-electron chi connectivity index (χ3n) is 2.83. The number of rotatable bonds is 2. The van der Waals surface area contributed by atoms with Crippen LogP contribution in [0.2, 0.25) is 5.02 Å². The predicted molar refractivity (Wildman–Crippen MR) is 75.4 cm³/mol. The van der Waals surface area contributed by atoms with Crippen molar-refractivity contribution < 1.29 is 13.3 Å². The molecule has 1 heterocycles. The Balaban J connectivity index is 2.24. The Bertz CT molecular complexity index is 930. The second kappa shape index (κ2) is 4.94. The molecule has 0 saturated heterocycles. The van der Waals surface area contributed by atoms with Gasteiger partial charge in [0, 0.05) is 16.2 Å². The van der Waals surface area contributed by atoms with Crippen molar-refractivity contribution in [2.45, 2.75) is 10.1 Å². The van der Waals surface area contributed by atoms with Crippen LogP contribution >= 0.6 is 11.6 Å². The van der Waals surface area contributed by atoms with Gasteiger partial charge in [-0.05, 0) is 29.1 Å². The molecule has 0 bridgehead atoms. The number of hydrogen-bond acceptors (Lipinski definition) is 5. The SMILES string of the molecule is O=S(=O)(c1ccccc1)c1nc2ccc(Cl)cc2[n+]([O-])n1. The smallest absolute Gasteiger partial charge is 0.319 e. The Kier molecular flexibility index (Phi) is 3.23. The minimum atomic E-state index is -3.94. The van der Waals surface area contributed by atoms with Crippen LogP contribution in [0, 0.1) is 5.21 Å². The normalized spacial score (nSPS) is 11.7. The number of fused-ring (bicyclic) bond motifs is 1. The van der Waals surface area contributed by atoms with Crippen molar-refractivity contribution in [3.63, 3.8) is 0 Å². The van der Waals surface area contributed by atoms with Crippen molar-refractivity contribution >= 4 is 32.5 Å². The molecule has 0 unspecified atom stereocenters. The molecular formula is C13H8ClN3O3S. The second-order valence-electron chi connectivity index (χ2n) is 4.22. The maximum atomic E-state index is 12.4. The highest BCUT2D eigenvalue weighted by Crippen LogP contribution is 2.19. The van der Waals surface area contributed by atoms with Crippen LogP contribution in [0.1, 0.15) is 0 Å². The van der Waals surface area contributed by atoms with Gasteiger partial charge in [-0.15, -0.1) is 0 Å². The minimum Gasteiger partial charge on any atom is -0.594 e. The summed E-state index contributed by atoms with van der Waals surface area (Å²) in [6, 6.07) is 12.1. The van der Waals surface area contributed by atoms with Gasteiger partial charge in [-0.3, -0.25) is 0 Å². The van der Waals surface area contributed by atoms with Gasteiger partial charge in [0.05, 0.1) is 4.90 Å². The Hall–Kier alpha value is -2.25. The standard InChI is InChI=1S/C13H8ClN3O3S/c14-9-6-7-11-12(8-9)17(18)16-13(15-11)21(19,20)10-4-2-1-3-5-10/h1-8H. The van der Waals surface area contributed by atoms with E-state index in [1.807, 2.05) is 0 Å². The Morgan fingerprint density at radius 2 is 1.81 bits per heavy atom. The van der Waals surface area contributed by atoms with Crippen molar-refractivity contribution in [1.29, 1.82) is 0 Å². The minimum absolute atomic E-state index is 0.0262. The van der Waals surface area contributed by atoms with E-state index in [1.54, 1.807) is 18.2 Å².